The zero-order chi connectivity index (χ0) is 13.0. The molecule has 2 aromatic rings. The van der Waals surface area contributed by atoms with Crippen LogP contribution >= 0.6 is 11.8 Å². The van der Waals surface area contributed by atoms with Crippen molar-refractivity contribution in [1.82, 2.24) is 4.98 Å². The molecule has 1 aromatic heterocycles. The minimum Gasteiger partial charge on any atom is -0.398 e. The molecule has 0 unspecified atom stereocenters. The average Bonchev–Trinajstić information content (AvgIpc) is 2.38. The van der Waals surface area contributed by atoms with Crippen molar-refractivity contribution >= 4 is 23.2 Å². The van der Waals surface area contributed by atoms with Crippen LogP contribution in [-0.4, -0.2) is 16.5 Å². The van der Waals surface area contributed by atoms with Crippen LogP contribution in [0.25, 0.3) is 0 Å². The SMILES string of the molecule is Cc1ccccc1SCC(=O)c1cnccc1N. The molecule has 0 amide bonds. The first-order valence-electron chi connectivity index (χ1n) is 5.59. The Bertz CT molecular complexity index is 569. The van der Waals surface area contributed by atoms with Crippen molar-refractivity contribution in [2.24, 2.45) is 0 Å². The molecule has 4 heteroatoms. The molecule has 0 fully saturated rings. The number of thioether (sulfide) groups is 1. The lowest BCUT2D eigenvalue weighted by molar-refractivity contribution is 0.102. The van der Waals surface area contributed by atoms with Gasteiger partial charge in [0.25, 0.3) is 0 Å². The summed E-state index contributed by atoms with van der Waals surface area (Å²) in [5, 5.41) is 0. The number of rotatable bonds is 4. The Kier molecular flexibility index (Phi) is 3.99. The highest BCUT2D eigenvalue weighted by Crippen LogP contribution is 2.23. The van der Waals surface area contributed by atoms with E-state index in [-0.39, 0.29) is 5.78 Å². The van der Waals surface area contributed by atoms with Gasteiger partial charge in [-0.1, -0.05) is 18.2 Å². The smallest absolute Gasteiger partial charge is 0.176 e. The van der Waals surface area contributed by atoms with E-state index in [9.17, 15) is 4.79 Å². The van der Waals surface area contributed by atoms with E-state index >= 15 is 0 Å². The number of nitrogens with zero attached hydrogens (tertiary/aromatic N) is 1. The van der Waals surface area contributed by atoms with Crippen LogP contribution in [0.3, 0.4) is 0 Å². The van der Waals surface area contributed by atoms with Crippen molar-refractivity contribution in [3.63, 3.8) is 0 Å². The fraction of sp³-hybridized carbons (Fsp3) is 0.143. The van der Waals surface area contributed by atoms with E-state index in [0.29, 0.717) is 17.0 Å². The van der Waals surface area contributed by atoms with Gasteiger partial charge in [-0.2, -0.15) is 0 Å². The maximum Gasteiger partial charge on any atom is 0.176 e. The molecule has 0 aliphatic carbocycles. The summed E-state index contributed by atoms with van der Waals surface area (Å²) < 4.78 is 0. The molecule has 0 atom stereocenters. The van der Waals surface area contributed by atoms with Crippen LogP contribution in [0.15, 0.2) is 47.6 Å². The number of hydrogen-bond donors (Lipinski definition) is 1. The maximum absolute atomic E-state index is 12.0. The Morgan fingerprint density at radius 1 is 1.33 bits per heavy atom. The van der Waals surface area contributed by atoms with Gasteiger partial charge in [0.1, 0.15) is 0 Å². The Labute approximate surface area is 110 Å². The molecule has 0 radical (unpaired) electrons. The minimum atomic E-state index is 0.00820. The summed E-state index contributed by atoms with van der Waals surface area (Å²) in [4.78, 5) is 17.1. The third-order valence-electron chi connectivity index (χ3n) is 2.61. The quantitative estimate of drug-likeness (QED) is 0.676. The van der Waals surface area contributed by atoms with E-state index in [1.165, 1.54) is 23.5 Å². The number of ketones is 1. The van der Waals surface area contributed by atoms with Crippen LogP contribution < -0.4 is 5.73 Å². The second-order valence-electron chi connectivity index (χ2n) is 3.94. The largest absolute Gasteiger partial charge is 0.398 e. The molecule has 0 spiro atoms. The summed E-state index contributed by atoms with van der Waals surface area (Å²) in [6.45, 7) is 2.03. The van der Waals surface area contributed by atoms with E-state index in [1.54, 1.807) is 12.3 Å². The highest BCUT2D eigenvalue weighted by molar-refractivity contribution is 8.00. The van der Waals surface area contributed by atoms with Crippen molar-refractivity contribution in [1.29, 1.82) is 0 Å². The van der Waals surface area contributed by atoms with Gasteiger partial charge in [-0.25, -0.2) is 0 Å². The number of nitrogens with two attached hydrogens (primary N) is 1. The van der Waals surface area contributed by atoms with Crippen LogP contribution in [-0.2, 0) is 0 Å². The Balaban J connectivity index is 2.06. The highest BCUT2D eigenvalue weighted by atomic mass is 32.2. The van der Waals surface area contributed by atoms with Gasteiger partial charge in [0, 0.05) is 23.0 Å². The van der Waals surface area contributed by atoms with Gasteiger partial charge in [0.05, 0.1) is 11.3 Å². The summed E-state index contributed by atoms with van der Waals surface area (Å²) in [7, 11) is 0. The van der Waals surface area contributed by atoms with E-state index < -0.39 is 0 Å². The van der Waals surface area contributed by atoms with Crippen molar-refractivity contribution in [2.45, 2.75) is 11.8 Å². The lowest BCUT2D eigenvalue weighted by Crippen LogP contribution is -2.06. The third-order valence-corrected chi connectivity index (χ3v) is 3.78. The molecule has 0 aliphatic heterocycles. The second-order valence-corrected chi connectivity index (χ2v) is 4.96. The Hall–Kier alpha value is -1.81. The molecule has 1 aromatic carbocycles. The number of carbonyl (C=O) groups excluding carboxylic acids is 1. The topological polar surface area (TPSA) is 56.0 Å². The molecule has 18 heavy (non-hydrogen) atoms. The van der Waals surface area contributed by atoms with Crippen LogP contribution in [0, 0.1) is 6.92 Å². The average molecular weight is 258 g/mol. The molecule has 1 heterocycles. The zero-order valence-electron chi connectivity index (χ0n) is 10.1. The van der Waals surface area contributed by atoms with Crippen molar-refractivity contribution in [2.75, 3.05) is 11.5 Å². The van der Waals surface area contributed by atoms with E-state index in [4.69, 9.17) is 5.73 Å². The predicted molar refractivity (Wildman–Crippen MR) is 74.9 cm³/mol. The van der Waals surface area contributed by atoms with Gasteiger partial charge in [-0.15, -0.1) is 11.8 Å². The number of nitrogen functional groups attached to an aromatic ring is 1. The number of Topliss-reactive ketones (excluding diaryl/α,β-unsaturated/α-hetero) is 1. The lowest BCUT2D eigenvalue weighted by atomic mass is 10.2. The summed E-state index contributed by atoms with van der Waals surface area (Å²) >= 11 is 1.53. The molecule has 2 N–H and O–H groups in total. The molecule has 2 rings (SSSR count). The predicted octanol–water partition coefficient (Wildman–Crippen LogP) is 2.95. The van der Waals surface area contributed by atoms with Crippen molar-refractivity contribution in [3.05, 3.63) is 53.9 Å². The standard InChI is InChI=1S/C14H14N2OS/c1-10-4-2-3-5-14(10)18-9-13(17)11-8-16-7-6-12(11)15/h2-8H,9H2,1H3,(H2,15,16). The molecule has 0 aliphatic rings. The van der Waals surface area contributed by atoms with Crippen LogP contribution in [0.5, 0.6) is 0 Å². The first-order chi connectivity index (χ1) is 8.68. The molecular formula is C14H14N2OS. The van der Waals surface area contributed by atoms with Gasteiger partial charge in [-0.05, 0) is 24.6 Å². The summed E-state index contributed by atoms with van der Waals surface area (Å²) in [5.41, 5.74) is 7.91. The number of hydrogen-bond acceptors (Lipinski definition) is 4. The van der Waals surface area contributed by atoms with Crippen LogP contribution in [0.2, 0.25) is 0 Å². The first-order valence-corrected chi connectivity index (χ1v) is 6.58. The Morgan fingerprint density at radius 2 is 2.11 bits per heavy atom. The van der Waals surface area contributed by atoms with Gasteiger partial charge in [-0.3, -0.25) is 9.78 Å². The number of carbonyl (C=O) groups is 1. The van der Waals surface area contributed by atoms with E-state index in [0.717, 1.165) is 4.90 Å². The lowest BCUT2D eigenvalue weighted by Gasteiger charge is -2.06. The van der Waals surface area contributed by atoms with Crippen molar-refractivity contribution in [3.8, 4) is 0 Å². The molecule has 0 saturated carbocycles. The number of anilines is 1. The molecule has 92 valence electrons. The maximum atomic E-state index is 12.0. The third kappa shape index (κ3) is 2.90. The summed E-state index contributed by atoms with van der Waals surface area (Å²) in [5.74, 6) is 0.384. The summed E-state index contributed by atoms with van der Waals surface area (Å²) in [6.07, 6.45) is 3.11. The number of aromatic nitrogens is 1. The Morgan fingerprint density at radius 3 is 2.83 bits per heavy atom. The fourth-order valence-electron chi connectivity index (χ4n) is 1.58. The van der Waals surface area contributed by atoms with E-state index in [2.05, 4.69) is 4.98 Å². The van der Waals surface area contributed by atoms with Gasteiger partial charge in [0.2, 0.25) is 0 Å². The molecule has 0 bridgehead atoms. The molecular weight excluding hydrogens is 244 g/mol. The highest BCUT2D eigenvalue weighted by Gasteiger charge is 2.10. The van der Waals surface area contributed by atoms with Gasteiger partial charge < -0.3 is 5.73 Å². The number of aryl methyl sites for hydroxylation is 1. The summed E-state index contributed by atoms with van der Waals surface area (Å²) in [6, 6.07) is 9.65. The number of pyridine rings is 1. The van der Waals surface area contributed by atoms with Gasteiger partial charge >= 0.3 is 0 Å². The van der Waals surface area contributed by atoms with Crippen LogP contribution in [0.1, 0.15) is 15.9 Å². The fourth-order valence-corrected chi connectivity index (χ4v) is 2.49. The van der Waals surface area contributed by atoms with E-state index in [1.807, 2.05) is 31.2 Å². The van der Waals surface area contributed by atoms with Crippen molar-refractivity contribution < 1.29 is 4.79 Å². The van der Waals surface area contributed by atoms with Crippen LogP contribution in [0.4, 0.5) is 5.69 Å². The zero-order valence-corrected chi connectivity index (χ0v) is 10.9. The van der Waals surface area contributed by atoms with Gasteiger partial charge in [0.15, 0.2) is 5.78 Å². The second kappa shape index (κ2) is 5.69. The first kappa shape index (κ1) is 12.6. The normalized spacial score (nSPS) is 10.3. The monoisotopic (exact) mass is 258 g/mol. The minimum absolute atomic E-state index is 0.00820. The molecule has 0 saturated heterocycles. The number of benzene rings is 1. The molecule has 3 nitrogen and oxygen atoms in total.